The molecule has 2 rings (SSSR count). The van der Waals surface area contributed by atoms with Crippen molar-refractivity contribution >= 4 is 28.2 Å². The number of methoxy groups -OCH3 is 1. The lowest BCUT2D eigenvalue weighted by Crippen LogP contribution is -2.36. The molecule has 1 aliphatic rings. The van der Waals surface area contributed by atoms with Gasteiger partial charge in [-0.15, -0.1) is 11.3 Å². The Labute approximate surface area is 128 Å². The third kappa shape index (κ3) is 3.83. The quantitative estimate of drug-likeness (QED) is 0.837. The van der Waals surface area contributed by atoms with Crippen LogP contribution in [0.5, 0.6) is 0 Å². The van der Waals surface area contributed by atoms with Gasteiger partial charge in [-0.05, 0) is 45.1 Å². The number of esters is 1. The highest BCUT2D eigenvalue weighted by Gasteiger charge is 2.27. The normalized spacial score (nSPS) is 14.5. The van der Waals surface area contributed by atoms with Gasteiger partial charge >= 0.3 is 5.97 Å². The second-order valence-electron chi connectivity index (χ2n) is 6.12. The molecular formula is C15H22N2O3S. The van der Waals surface area contributed by atoms with Gasteiger partial charge in [0.15, 0.2) is 0 Å². The number of amides is 1. The van der Waals surface area contributed by atoms with Crippen LogP contribution in [0, 0.1) is 0 Å². The van der Waals surface area contributed by atoms with E-state index in [0.29, 0.717) is 10.6 Å². The monoisotopic (exact) mass is 310 g/mol. The Balaban J connectivity index is 2.28. The summed E-state index contributed by atoms with van der Waals surface area (Å²) < 4.78 is 4.88. The van der Waals surface area contributed by atoms with E-state index in [9.17, 15) is 9.59 Å². The highest BCUT2D eigenvalue weighted by Crippen LogP contribution is 2.38. The summed E-state index contributed by atoms with van der Waals surface area (Å²) in [5, 5.41) is 3.44. The highest BCUT2D eigenvalue weighted by atomic mass is 32.1. The van der Waals surface area contributed by atoms with Gasteiger partial charge in [-0.2, -0.15) is 0 Å². The summed E-state index contributed by atoms with van der Waals surface area (Å²) in [4.78, 5) is 25.3. The van der Waals surface area contributed by atoms with Gasteiger partial charge in [0.25, 0.3) is 0 Å². The molecule has 1 aromatic rings. The van der Waals surface area contributed by atoms with E-state index in [1.54, 1.807) is 13.8 Å². The van der Waals surface area contributed by atoms with E-state index in [1.165, 1.54) is 23.3 Å². The van der Waals surface area contributed by atoms with Crippen LogP contribution in [-0.4, -0.2) is 24.5 Å². The van der Waals surface area contributed by atoms with E-state index in [1.807, 2.05) is 0 Å². The average Bonchev–Trinajstić information content (AvgIpc) is 2.73. The zero-order valence-electron chi connectivity index (χ0n) is 12.7. The van der Waals surface area contributed by atoms with Gasteiger partial charge in [-0.3, -0.25) is 4.79 Å². The smallest absolute Gasteiger partial charge is 0.341 e. The maximum Gasteiger partial charge on any atom is 0.341 e. The van der Waals surface area contributed by atoms with Crippen LogP contribution >= 0.6 is 11.3 Å². The molecule has 0 bridgehead atoms. The summed E-state index contributed by atoms with van der Waals surface area (Å²) in [6.45, 7) is 3.60. The van der Waals surface area contributed by atoms with Crippen LogP contribution in [0.15, 0.2) is 0 Å². The summed E-state index contributed by atoms with van der Waals surface area (Å²) in [6.07, 6.45) is 4.22. The molecule has 0 saturated carbocycles. The Kier molecular flexibility index (Phi) is 4.68. The molecule has 0 aliphatic heterocycles. The first-order valence-corrected chi connectivity index (χ1v) is 7.95. The predicted octanol–water partition coefficient (Wildman–Crippen LogP) is 2.48. The Morgan fingerprint density at radius 2 is 2.00 bits per heavy atom. The van der Waals surface area contributed by atoms with Crippen LogP contribution in [0.3, 0.4) is 0 Å². The third-order valence-corrected chi connectivity index (χ3v) is 4.64. The fourth-order valence-corrected chi connectivity index (χ4v) is 3.85. The van der Waals surface area contributed by atoms with E-state index in [-0.39, 0.29) is 18.3 Å². The predicted molar refractivity (Wildman–Crippen MR) is 83.8 cm³/mol. The molecule has 3 N–H and O–H groups in total. The van der Waals surface area contributed by atoms with Gasteiger partial charge < -0.3 is 15.8 Å². The molecule has 1 aromatic heterocycles. The molecule has 0 radical (unpaired) electrons. The molecule has 0 spiro atoms. The number of aryl methyl sites for hydroxylation is 1. The number of carbonyl (C=O) groups is 2. The second-order valence-corrected chi connectivity index (χ2v) is 7.23. The number of rotatable bonds is 4. The molecule has 1 amide bonds. The fourth-order valence-electron chi connectivity index (χ4n) is 2.56. The van der Waals surface area contributed by atoms with Gasteiger partial charge in [0, 0.05) is 16.8 Å². The molecule has 21 heavy (non-hydrogen) atoms. The number of anilines is 1. The van der Waals surface area contributed by atoms with Gasteiger partial charge in [-0.1, -0.05) is 0 Å². The van der Waals surface area contributed by atoms with Crippen molar-refractivity contribution in [1.29, 1.82) is 0 Å². The number of carbonyl (C=O) groups excluding carboxylic acids is 2. The van der Waals surface area contributed by atoms with Crippen LogP contribution in [0.2, 0.25) is 0 Å². The van der Waals surface area contributed by atoms with Gasteiger partial charge in [-0.25, -0.2) is 4.79 Å². The van der Waals surface area contributed by atoms with Crippen LogP contribution in [-0.2, 0) is 22.4 Å². The lowest BCUT2D eigenvalue weighted by atomic mass is 9.95. The van der Waals surface area contributed by atoms with Crippen molar-refractivity contribution in [3.63, 3.8) is 0 Å². The van der Waals surface area contributed by atoms with Crippen molar-refractivity contribution < 1.29 is 14.3 Å². The first kappa shape index (κ1) is 16.0. The lowest BCUT2D eigenvalue weighted by Gasteiger charge is -2.17. The first-order chi connectivity index (χ1) is 9.81. The van der Waals surface area contributed by atoms with Crippen molar-refractivity contribution in [2.24, 2.45) is 5.73 Å². The molecule has 5 nitrogen and oxygen atoms in total. The number of hydrogen-bond donors (Lipinski definition) is 2. The topological polar surface area (TPSA) is 81.4 Å². The molecule has 1 heterocycles. The van der Waals surface area contributed by atoms with Crippen LogP contribution < -0.4 is 11.1 Å². The molecule has 0 saturated heterocycles. The van der Waals surface area contributed by atoms with Crippen molar-refractivity contribution in [3.05, 3.63) is 16.0 Å². The summed E-state index contributed by atoms with van der Waals surface area (Å²) in [5.74, 6) is -0.553. The van der Waals surface area contributed by atoms with Crippen LogP contribution in [0.25, 0.3) is 0 Å². The molecule has 0 unspecified atom stereocenters. The summed E-state index contributed by atoms with van der Waals surface area (Å²) in [7, 11) is 1.36. The Morgan fingerprint density at radius 1 is 1.33 bits per heavy atom. The highest BCUT2D eigenvalue weighted by molar-refractivity contribution is 7.17. The minimum atomic E-state index is -0.577. The van der Waals surface area contributed by atoms with Crippen LogP contribution in [0.1, 0.15) is 53.9 Å². The van der Waals surface area contributed by atoms with Gasteiger partial charge in [0.1, 0.15) is 5.00 Å². The molecular weight excluding hydrogens is 288 g/mol. The van der Waals surface area contributed by atoms with Gasteiger partial charge in [0.2, 0.25) is 5.91 Å². The SMILES string of the molecule is COC(=O)c1c(NC(=O)CC(C)(C)N)sc2c1CCCC2. The van der Waals surface area contributed by atoms with Crippen molar-refractivity contribution in [2.45, 2.75) is 51.5 Å². The summed E-state index contributed by atoms with van der Waals surface area (Å²) in [6, 6.07) is 0. The van der Waals surface area contributed by atoms with Crippen molar-refractivity contribution in [2.75, 3.05) is 12.4 Å². The van der Waals surface area contributed by atoms with Crippen molar-refractivity contribution in [1.82, 2.24) is 0 Å². The Bertz CT molecular complexity index is 558. The molecule has 6 heteroatoms. The van der Waals surface area contributed by atoms with Gasteiger partial charge in [0.05, 0.1) is 12.7 Å². The van der Waals surface area contributed by atoms with E-state index in [0.717, 1.165) is 31.2 Å². The Hall–Kier alpha value is -1.40. The molecule has 0 atom stereocenters. The zero-order chi connectivity index (χ0) is 15.6. The number of fused-ring (bicyclic) bond motifs is 1. The van der Waals surface area contributed by atoms with E-state index in [4.69, 9.17) is 10.5 Å². The van der Waals surface area contributed by atoms with Crippen molar-refractivity contribution in [3.8, 4) is 0 Å². The Morgan fingerprint density at radius 3 is 2.62 bits per heavy atom. The van der Waals surface area contributed by atoms with E-state index >= 15 is 0 Å². The molecule has 116 valence electrons. The maximum atomic E-state index is 12.1. The molecule has 1 aliphatic carbocycles. The number of thiophene rings is 1. The number of ether oxygens (including phenoxy) is 1. The zero-order valence-corrected chi connectivity index (χ0v) is 13.6. The van der Waals surface area contributed by atoms with E-state index in [2.05, 4.69) is 5.32 Å². The minimum Gasteiger partial charge on any atom is -0.465 e. The summed E-state index contributed by atoms with van der Waals surface area (Å²) >= 11 is 1.49. The first-order valence-electron chi connectivity index (χ1n) is 7.13. The number of nitrogens with two attached hydrogens (primary N) is 1. The lowest BCUT2D eigenvalue weighted by molar-refractivity contribution is -0.117. The third-order valence-electron chi connectivity index (χ3n) is 3.43. The van der Waals surface area contributed by atoms with E-state index < -0.39 is 5.54 Å². The fraction of sp³-hybridized carbons (Fsp3) is 0.600. The number of hydrogen-bond acceptors (Lipinski definition) is 5. The second kappa shape index (κ2) is 6.15. The standard InChI is InChI=1S/C15H22N2O3S/c1-15(2,16)8-11(18)17-13-12(14(19)20-3)9-6-4-5-7-10(9)21-13/h4-8,16H2,1-3H3,(H,17,18). The minimum absolute atomic E-state index is 0.175. The average molecular weight is 310 g/mol. The maximum absolute atomic E-state index is 12.1. The molecule has 0 aromatic carbocycles. The number of nitrogens with one attached hydrogen (secondary N) is 1. The molecule has 0 fully saturated rings. The van der Waals surface area contributed by atoms with Crippen LogP contribution in [0.4, 0.5) is 5.00 Å². The largest absolute Gasteiger partial charge is 0.465 e. The summed E-state index contributed by atoms with van der Waals surface area (Å²) in [5.41, 5.74) is 6.86.